The number of anilines is 1. The molecular weight excluding hydrogens is 278 g/mol. The van der Waals surface area contributed by atoms with Gasteiger partial charge in [0, 0.05) is 5.56 Å². The lowest BCUT2D eigenvalue weighted by Crippen LogP contribution is -2.43. The molecule has 5 heteroatoms. The predicted octanol–water partition coefficient (Wildman–Crippen LogP) is 4.11. The van der Waals surface area contributed by atoms with Gasteiger partial charge < -0.3 is 10.2 Å². The first-order valence-electron chi connectivity index (χ1n) is 7.06. The molecule has 0 radical (unpaired) electrons. The standard InChI is InChI=1S/C16H23N3OSi/c1-16(2,3)21(4,5)20-13-8-6-7-12(9-13)14-10-19-15(17)11-18-14/h6-11H,1-5H3,(H2,17,19). The molecule has 1 heterocycles. The number of aromatic nitrogens is 2. The van der Waals surface area contributed by atoms with E-state index in [-0.39, 0.29) is 5.04 Å². The molecule has 4 nitrogen and oxygen atoms in total. The summed E-state index contributed by atoms with van der Waals surface area (Å²) >= 11 is 0. The highest BCUT2D eigenvalue weighted by Gasteiger charge is 2.38. The molecule has 0 amide bonds. The Balaban J connectivity index is 2.28. The average molecular weight is 301 g/mol. The molecule has 0 bridgehead atoms. The largest absolute Gasteiger partial charge is 0.543 e. The zero-order valence-electron chi connectivity index (χ0n) is 13.3. The average Bonchev–Trinajstić information content (AvgIpc) is 2.38. The molecule has 0 fully saturated rings. The van der Waals surface area contributed by atoms with Crippen molar-refractivity contribution < 1.29 is 4.43 Å². The molecule has 0 aliphatic carbocycles. The van der Waals surface area contributed by atoms with Crippen LogP contribution < -0.4 is 10.2 Å². The molecule has 0 aliphatic rings. The van der Waals surface area contributed by atoms with Crippen LogP contribution in [-0.4, -0.2) is 18.3 Å². The van der Waals surface area contributed by atoms with Crippen LogP contribution in [0.4, 0.5) is 5.82 Å². The summed E-state index contributed by atoms with van der Waals surface area (Å²) in [5.41, 5.74) is 7.35. The van der Waals surface area contributed by atoms with Gasteiger partial charge in [-0.3, -0.25) is 4.98 Å². The molecule has 1 aromatic heterocycles. The van der Waals surface area contributed by atoms with Gasteiger partial charge in [-0.1, -0.05) is 32.9 Å². The lowest BCUT2D eigenvalue weighted by Gasteiger charge is -2.36. The molecule has 0 saturated carbocycles. The van der Waals surface area contributed by atoms with Gasteiger partial charge in [0.05, 0.1) is 18.1 Å². The summed E-state index contributed by atoms with van der Waals surface area (Å²) < 4.78 is 6.32. The van der Waals surface area contributed by atoms with Crippen LogP contribution in [0.3, 0.4) is 0 Å². The number of nitrogens with two attached hydrogens (primary N) is 1. The summed E-state index contributed by atoms with van der Waals surface area (Å²) in [6, 6.07) is 7.99. The van der Waals surface area contributed by atoms with Gasteiger partial charge in [0.25, 0.3) is 0 Å². The van der Waals surface area contributed by atoms with Gasteiger partial charge in [0.2, 0.25) is 8.32 Å². The molecule has 2 N–H and O–H groups in total. The van der Waals surface area contributed by atoms with E-state index in [0.717, 1.165) is 17.0 Å². The van der Waals surface area contributed by atoms with Crippen LogP contribution in [0.2, 0.25) is 18.1 Å². The predicted molar refractivity (Wildman–Crippen MR) is 89.7 cm³/mol. The van der Waals surface area contributed by atoms with Crippen molar-refractivity contribution >= 4 is 14.1 Å². The third-order valence-corrected chi connectivity index (χ3v) is 8.34. The molecule has 21 heavy (non-hydrogen) atoms. The molecule has 0 saturated heterocycles. The summed E-state index contributed by atoms with van der Waals surface area (Å²) in [5, 5.41) is 0.171. The maximum Gasteiger partial charge on any atom is 0.250 e. The monoisotopic (exact) mass is 301 g/mol. The van der Waals surface area contributed by atoms with Crippen LogP contribution >= 0.6 is 0 Å². The van der Waals surface area contributed by atoms with E-state index < -0.39 is 8.32 Å². The van der Waals surface area contributed by atoms with Crippen molar-refractivity contribution in [3.8, 4) is 17.0 Å². The lowest BCUT2D eigenvalue weighted by atomic mass is 10.1. The van der Waals surface area contributed by atoms with Crippen molar-refractivity contribution in [3.63, 3.8) is 0 Å². The third kappa shape index (κ3) is 3.61. The minimum absolute atomic E-state index is 0.171. The molecule has 0 unspecified atom stereocenters. The van der Waals surface area contributed by atoms with E-state index in [4.69, 9.17) is 10.2 Å². The molecule has 0 spiro atoms. The lowest BCUT2D eigenvalue weighted by molar-refractivity contribution is 0.492. The fourth-order valence-corrected chi connectivity index (χ4v) is 2.68. The van der Waals surface area contributed by atoms with Crippen LogP contribution in [0.1, 0.15) is 20.8 Å². The van der Waals surface area contributed by atoms with Crippen LogP contribution in [0, 0.1) is 0 Å². The second kappa shape index (κ2) is 5.48. The maximum absolute atomic E-state index is 6.32. The summed E-state index contributed by atoms with van der Waals surface area (Å²) in [7, 11) is -1.83. The Morgan fingerprint density at radius 3 is 2.38 bits per heavy atom. The number of hydrogen-bond acceptors (Lipinski definition) is 4. The van der Waals surface area contributed by atoms with Gasteiger partial charge in [0.15, 0.2) is 0 Å². The van der Waals surface area contributed by atoms with E-state index in [0.29, 0.717) is 5.82 Å². The Hall–Kier alpha value is -1.88. The van der Waals surface area contributed by atoms with Crippen LogP contribution in [-0.2, 0) is 0 Å². The Morgan fingerprint density at radius 2 is 1.81 bits per heavy atom. The van der Waals surface area contributed by atoms with E-state index in [9.17, 15) is 0 Å². The third-order valence-electron chi connectivity index (χ3n) is 3.98. The second-order valence-electron chi connectivity index (χ2n) is 6.72. The van der Waals surface area contributed by atoms with Crippen LogP contribution in [0.15, 0.2) is 36.7 Å². The Morgan fingerprint density at radius 1 is 1.10 bits per heavy atom. The molecule has 1 aromatic carbocycles. The normalized spacial score (nSPS) is 12.2. The number of benzene rings is 1. The molecule has 0 aliphatic heterocycles. The van der Waals surface area contributed by atoms with Crippen molar-refractivity contribution in [2.75, 3.05) is 5.73 Å². The Bertz CT molecular complexity index is 618. The highest BCUT2D eigenvalue weighted by atomic mass is 28.4. The van der Waals surface area contributed by atoms with E-state index >= 15 is 0 Å². The molecule has 112 valence electrons. The minimum atomic E-state index is -1.83. The summed E-state index contributed by atoms with van der Waals surface area (Å²) in [4.78, 5) is 8.39. The first-order chi connectivity index (χ1) is 9.69. The van der Waals surface area contributed by atoms with Crippen molar-refractivity contribution in [1.29, 1.82) is 0 Å². The van der Waals surface area contributed by atoms with Gasteiger partial charge in [0.1, 0.15) is 11.6 Å². The summed E-state index contributed by atoms with van der Waals surface area (Å²) in [6.07, 6.45) is 3.25. The molecule has 2 aromatic rings. The van der Waals surface area contributed by atoms with Gasteiger partial charge in [-0.25, -0.2) is 4.98 Å². The molecule has 0 atom stereocenters. The quantitative estimate of drug-likeness (QED) is 0.867. The SMILES string of the molecule is CC(C)(C)[Si](C)(C)Oc1cccc(-c2cnc(N)cn2)c1. The second-order valence-corrected chi connectivity index (χ2v) is 11.4. The highest BCUT2D eigenvalue weighted by Crippen LogP contribution is 2.37. The highest BCUT2D eigenvalue weighted by molar-refractivity contribution is 6.74. The van der Waals surface area contributed by atoms with E-state index in [2.05, 4.69) is 43.8 Å². The van der Waals surface area contributed by atoms with Crippen molar-refractivity contribution in [2.45, 2.75) is 38.9 Å². The van der Waals surface area contributed by atoms with Crippen molar-refractivity contribution in [3.05, 3.63) is 36.7 Å². The smallest absolute Gasteiger partial charge is 0.250 e. The maximum atomic E-state index is 6.32. The number of nitrogens with zero attached hydrogens (tertiary/aromatic N) is 2. The zero-order chi connectivity index (χ0) is 15.7. The van der Waals surface area contributed by atoms with Gasteiger partial charge >= 0.3 is 0 Å². The number of rotatable bonds is 3. The fourth-order valence-electron chi connectivity index (χ4n) is 1.65. The Kier molecular flexibility index (Phi) is 4.05. The minimum Gasteiger partial charge on any atom is -0.543 e. The molecular formula is C16H23N3OSi. The van der Waals surface area contributed by atoms with E-state index in [1.54, 1.807) is 12.4 Å². The topological polar surface area (TPSA) is 61.0 Å². The zero-order valence-corrected chi connectivity index (χ0v) is 14.3. The Labute approximate surface area is 127 Å². The van der Waals surface area contributed by atoms with Crippen molar-refractivity contribution in [1.82, 2.24) is 9.97 Å². The first kappa shape index (κ1) is 15.5. The van der Waals surface area contributed by atoms with Gasteiger partial charge in [-0.05, 0) is 30.3 Å². The first-order valence-corrected chi connectivity index (χ1v) is 9.97. The van der Waals surface area contributed by atoms with Crippen LogP contribution in [0.25, 0.3) is 11.3 Å². The number of hydrogen-bond donors (Lipinski definition) is 1. The fraction of sp³-hybridized carbons (Fsp3) is 0.375. The van der Waals surface area contributed by atoms with Gasteiger partial charge in [-0.2, -0.15) is 0 Å². The molecule has 2 rings (SSSR count). The van der Waals surface area contributed by atoms with Crippen LogP contribution in [0.5, 0.6) is 5.75 Å². The van der Waals surface area contributed by atoms with Crippen molar-refractivity contribution in [2.24, 2.45) is 0 Å². The number of nitrogen functional groups attached to an aromatic ring is 1. The summed E-state index contributed by atoms with van der Waals surface area (Å²) in [6.45, 7) is 11.2. The van der Waals surface area contributed by atoms with E-state index in [1.807, 2.05) is 24.3 Å². The summed E-state index contributed by atoms with van der Waals surface area (Å²) in [5.74, 6) is 1.31. The van der Waals surface area contributed by atoms with E-state index in [1.165, 1.54) is 0 Å². The van der Waals surface area contributed by atoms with Gasteiger partial charge in [-0.15, -0.1) is 0 Å².